The number of carbonyl (C=O) groups is 2. The standard InChI is InChI=1S/C31H36N6O6S/c1-40-23-11-9-22(10-12-23)30-33-35-37(34-30)20-28(38)36(15-14-21-8-13-25(41-2)26(18-21)42-3)29(27-7-5-17-44-27)31(39)32-19-24-6-4-16-43-24/h5,7-13,17-18,24,29H,4,6,14-16,19-20H2,1-3H3,(H,32,39)/t24-,29-/m0/s1. The first-order valence-corrected chi connectivity index (χ1v) is 15.2. The van der Waals surface area contributed by atoms with E-state index in [9.17, 15) is 9.59 Å². The van der Waals surface area contributed by atoms with Gasteiger partial charge in [-0.25, -0.2) is 0 Å². The van der Waals surface area contributed by atoms with E-state index in [2.05, 4.69) is 20.7 Å². The van der Waals surface area contributed by atoms with Gasteiger partial charge in [-0.1, -0.05) is 12.1 Å². The number of hydrogen-bond donors (Lipinski definition) is 1. The van der Waals surface area contributed by atoms with E-state index in [-0.39, 0.29) is 31.0 Å². The highest BCUT2D eigenvalue weighted by atomic mass is 32.1. The third kappa shape index (κ3) is 7.53. The summed E-state index contributed by atoms with van der Waals surface area (Å²) in [5.74, 6) is 1.69. The fraction of sp³-hybridized carbons (Fsp3) is 0.387. The average molecular weight is 621 g/mol. The molecule has 232 valence electrons. The summed E-state index contributed by atoms with van der Waals surface area (Å²) >= 11 is 1.42. The molecule has 0 spiro atoms. The van der Waals surface area contributed by atoms with Crippen molar-refractivity contribution in [3.8, 4) is 28.6 Å². The van der Waals surface area contributed by atoms with Gasteiger partial charge < -0.3 is 29.2 Å². The third-order valence-corrected chi connectivity index (χ3v) is 8.31. The van der Waals surface area contributed by atoms with Gasteiger partial charge in [-0.3, -0.25) is 9.59 Å². The van der Waals surface area contributed by atoms with E-state index in [0.717, 1.165) is 28.8 Å². The first-order chi connectivity index (χ1) is 21.5. The molecule has 4 aromatic rings. The van der Waals surface area contributed by atoms with Crippen molar-refractivity contribution in [3.05, 3.63) is 70.4 Å². The predicted octanol–water partition coefficient (Wildman–Crippen LogP) is 3.54. The number of rotatable bonds is 14. The second-order valence-electron chi connectivity index (χ2n) is 10.2. The lowest BCUT2D eigenvalue weighted by Gasteiger charge is -2.31. The van der Waals surface area contributed by atoms with Crippen LogP contribution < -0.4 is 19.5 Å². The molecule has 1 fully saturated rings. The summed E-state index contributed by atoms with van der Waals surface area (Å²) in [5, 5.41) is 17.6. The molecule has 13 heteroatoms. The lowest BCUT2D eigenvalue weighted by Crippen LogP contribution is -2.47. The zero-order valence-electron chi connectivity index (χ0n) is 25.0. The summed E-state index contributed by atoms with van der Waals surface area (Å²) in [4.78, 5) is 31.4. The number of thiophene rings is 1. The van der Waals surface area contributed by atoms with Crippen LogP contribution in [0, 0.1) is 0 Å². The first kappa shape index (κ1) is 31.0. The van der Waals surface area contributed by atoms with Crippen LogP contribution in [0.1, 0.15) is 29.3 Å². The molecule has 2 atom stereocenters. The summed E-state index contributed by atoms with van der Waals surface area (Å²) in [5.41, 5.74) is 1.66. The molecule has 12 nitrogen and oxygen atoms in total. The topological polar surface area (TPSA) is 130 Å². The van der Waals surface area contributed by atoms with E-state index in [1.54, 1.807) is 38.4 Å². The fourth-order valence-electron chi connectivity index (χ4n) is 5.05. The van der Waals surface area contributed by atoms with Crippen molar-refractivity contribution in [2.24, 2.45) is 0 Å². The summed E-state index contributed by atoms with van der Waals surface area (Å²) in [6.45, 7) is 1.13. The molecule has 1 saturated heterocycles. The van der Waals surface area contributed by atoms with Gasteiger partial charge in [-0.2, -0.15) is 4.80 Å². The van der Waals surface area contributed by atoms with Crippen LogP contribution in [0.25, 0.3) is 11.4 Å². The Bertz CT molecular complexity index is 1520. The van der Waals surface area contributed by atoms with Crippen LogP contribution in [0.2, 0.25) is 0 Å². The molecule has 0 unspecified atom stereocenters. The Hall–Kier alpha value is -4.49. The third-order valence-electron chi connectivity index (χ3n) is 7.39. The average Bonchev–Trinajstić information content (AvgIpc) is 3.86. The minimum atomic E-state index is -0.853. The number of nitrogens with one attached hydrogen (secondary N) is 1. The first-order valence-electron chi connectivity index (χ1n) is 14.3. The molecule has 44 heavy (non-hydrogen) atoms. The Morgan fingerprint density at radius 3 is 2.59 bits per heavy atom. The van der Waals surface area contributed by atoms with Gasteiger partial charge in [0.2, 0.25) is 17.6 Å². The molecule has 1 N–H and O–H groups in total. The maximum atomic E-state index is 14.0. The lowest BCUT2D eigenvalue weighted by molar-refractivity contribution is -0.141. The minimum Gasteiger partial charge on any atom is -0.497 e. The van der Waals surface area contributed by atoms with Gasteiger partial charge in [0, 0.05) is 30.1 Å². The molecule has 2 aromatic heterocycles. The number of tetrazole rings is 1. The van der Waals surface area contributed by atoms with Crippen LogP contribution in [0.4, 0.5) is 0 Å². The Balaban J connectivity index is 1.39. The van der Waals surface area contributed by atoms with E-state index in [4.69, 9.17) is 18.9 Å². The van der Waals surface area contributed by atoms with E-state index < -0.39 is 6.04 Å². The molecular formula is C31H36N6O6S. The lowest BCUT2D eigenvalue weighted by atomic mass is 10.1. The molecule has 0 saturated carbocycles. The van der Waals surface area contributed by atoms with Crippen molar-refractivity contribution < 1.29 is 28.5 Å². The van der Waals surface area contributed by atoms with Crippen LogP contribution in [0.15, 0.2) is 60.0 Å². The zero-order chi connectivity index (χ0) is 30.9. The predicted molar refractivity (Wildman–Crippen MR) is 164 cm³/mol. The summed E-state index contributed by atoms with van der Waals surface area (Å²) in [6, 6.07) is 15.8. The van der Waals surface area contributed by atoms with Gasteiger partial charge in [0.1, 0.15) is 18.3 Å². The van der Waals surface area contributed by atoms with E-state index in [0.29, 0.717) is 42.6 Å². The normalized spacial score (nSPS) is 15.0. The molecule has 0 radical (unpaired) electrons. The summed E-state index contributed by atoms with van der Waals surface area (Å²) in [6.07, 6.45) is 2.29. The van der Waals surface area contributed by atoms with Crippen LogP contribution in [0.5, 0.6) is 17.2 Å². The Morgan fingerprint density at radius 1 is 1.09 bits per heavy atom. The van der Waals surface area contributed by atoms with Gasteiger partial charge in [-0.15, -0.1) is 21.5 Å². The van der Waals surface area contributed by atoms with Crippen molar-refractivity contribution in [1.29, 1.82) is 0 Å². The molecule has 5 rings (SSSR count). The maximum absolute atomic E-state index is 14.0. The quantitative estimate of drug-likeness (QED) is 0.225. The molecular weight excluding hydrogens is 584 g/mol. The second-order valence-corrected chi connectivity index (χ2v) is 11.2. The molecule has 2 amide bonds. The largest absolute Gasteiger partial charge is 0.497 e. The number of benzene rings is 2. The van der Waals surface area contributed by atoms with Crippen LogP contribution in [-0.2, 0) is 27.3 Å². The van der Waals surface area contributed by atoms with Gasteiger partial charge in [0.25, 0.3) is 0 Å². The molecule has 0 bridgehead atoms. The highest BCUT2D eigenvalue weighted by Gasteiger charge is 2.33. The van der Waals surface area contributed by atoms with Crippen LogP contribution in [-0.4, -0.2) is 84.1 Å². The zero-order valence-corrected chi connectivity index (χ0v) is 25.8. The Kier molecular flexibility index (Phi) is 10.4. The van der Waals surface area contributed by atoms with Crippen LogP contribution in [0.3, 0.4) is 0 Å². The van der Waals surface area contributed by atoms with Gasteiger partial charge in [0.05, 0.1) is 27.4 Å². The number of aromatic nitrogens is 4. The Morgan fingerprint density at radius 2 is 1.91 bits per heavy atom. The van der Waals surface area contributed by atoms with Gasteiger partial charge >= 0.3 is 0 Å². The van der Waals surface area contributed by atoms with E-state index >= 15 is 0 Å². The molecule has 1 aliphatic rings. The number of methoxy groups -OCH3 is 3. The van der Waals surface area contributed by atoms with Crippen molar-refractivity contribution in [3.63, 3.8) is 0 Å². The SMILES string of the molecule is COc1ccc(-c2nnn(CC(=O)N(CCc3ccc(OC)c(OC)c3)[C@H](C(=O)NC[C@@H]3CCCO3)c3cccs3)n2)cc1. The highest BCUT2D eigenvalue weighted by Crippen LogP contribution is 2.30. The van der Waals surface area contributed by atoms with E-state index in [1.165, 1.54) is 16.1 Å². The number of amides is 2. The highest BCUT2D eigenvalue weighted by molar-refractivity contribution is 7.10. The molecule has 1 aliphatic heterocycles. The van der Waals surface area contributed by atoms with Crippen molar-refractivity contribution in [2.45, 2.75) is 38.0 Å². The number of hydrogen-bond acceptors (Lipinski definition) is 10. The molecule has 0 aliphatic carbocycles. The summed E-state index contributed by atoms with van der Waals surface area (Å²) in [7, 11) is 4.75. The molecule has 3 heterocycles. The Labute approximate surface area is 259 Å². The monoisotopic (exact) mass is 620 g/mol. The van der Waals surface area contributed by atoms with Crippen molar-refractivity contribution in [1.82, 2.24) is 30.4 Å². The number of nitrogens with zero attached hydrogens (tertiary/aromatic N) is 5. The van der Waals surface area contributed by atoms with Crippen molar-refractivity contribution >= 4 is 23.2 Å². The maximum Gasteiger partial charge on any atom is 0.248 e. The smallest absolute Gasteiger partial charge is 0.248 e. The fourth-order valence-corrected chi connectivity index (χ4v) is 5.88. The van der Waals surface area contributed by atoms with E-state index in [1.807, 2.05) is 47.8 Å². The molecule has 2 aromatic carbocycles. The number of carbonyl (C=O) groups excluding carboxylic acids is 2. The van der Waals surface area contributed by atoms with Crippen molar-refractivity contribution in [2.75, 3.05) is 41.0 Å². The second kappa shape index (κ2) is 14.8. The van der Waals surface area contributed by atoms with Gasteiger partial charge in [0.15, 0.2) is 11.5 Å². The van der Waals surface area contributed by atoms with Crippen LogP contribution >= 0.6 is 11.3 Å². The summed E-state index contributed by atoms with van der Waals surface area (Å²) < 4.78 is 21.8. The number of ether oxygens (including phenoxy) is 4. The van der Waals surface area contributed by atoms with Gasteiger partial charge in [-0.05, 0) is 77.9 Å². The minimum absolute atomic E-state index is 0.0328.